The van der Waals surface area contributed by atoms with Crippen molar-refractivity contribution in [3.05, 3.63) is 23.0 Å². The second-order valence-corrected chi connectivity index (χ2v) is 3.95. The predicted octanol–water partition coefficient (Wildman–Crippen LogP) is 3.36. The van der Waals surface area contributed by atoms with Crippen LogP contribution >= 0.6 is 11.6 Å². The fraction of sp³-hybridized carbons (Fsp3) is 0.400. The maximum absolute atomic E-state index is 12.9. The van der Waals surface area contributed by atoms with Crippen molar-refractivity contribution in [2.24, 2.45) is 0 Å². The lowest BCUT2D eigenvalue weighted by molar-refractivity contribution is -0.276. The predicted molar refractivity (Wildman–Crippen MR) is 56.8 cm³/mol. The minimum atomic E-state index is -5.41. The van der Waals surface area contributed by atoms with Crippen LogP contribution in [-0.2, 0) is 23.3 Å². The van der Waals surface area contributed by atoms with Gasteiger partial charge in [0.15, 0.2) is 5.75 Å². The van der Waals surface area contributed by atoms with E-state index >= 15 is 0 Å². The van der Waals surface area contributed by atoms with Crippen molar-refractivity contribution in [2.75, 3.05) is 0 Å². The van der Waals surface area contributed by atoms with E-state index in [2.05, 4.69) is 9.72 Å². The van der Waals surface area contributed by atoms with Crippen LogP contribution in [0, 0.1) is 0 Å². The highest BCUT2D eigenvalue weighted by Crippen LogP contribution is 2.42. The zero-order valence-electron chi connectivity index (χ0n) is 9.85. The van der Waals surface area contributed by atoms with Crippen LogP contribution in [0.5, 0.6) is 5.75 Å². The highest BCUT2D eigenvalue weighted by atomic mass is 35.5. The number of alkyl halides is 7. The Balaban J connectivity index is 3.57. The molecule has 0 atom stereocenters. The van der Waals surface area contributed by atoms with Gasteiger partial charge in [0.1, 0.15) is 5.56 Å². The molecule has 118 valence electrons. The van der Waals surface area contributed by atoms with Gasteiger partial charge in [0.2, 0.25) is 0 Å². The molecule has 21 heavy (non-hydrogen) atoms. The second kappa shape index (κ2) is 5.96. The number of hydrogen-bond donors (Lipinski definition) is 1. The van der Waals surface area contributed by atoms with E-state index in [0.29, 0.717) is 6.20 Å². The molecule has 0 aliphatic heterocycles. The fourth-order valence-electron chi connectivity index (χ4n) is 1.50. The summed E-state index contributed by atoms with van der Waals surface area (Å²) in [7, 11) is 0. The van der Waals surface area contributed by atoms with Gasteiger partial charge < -0.3 is 9.84 Å². The summed E-state index contributed by atoms with van der Waals surface area (Å²) in [5.74, 6) is -4.08. The van der Waals surface area contributed by atoms with Gasteiger partial charge in [-0.05, 0) is 5.56 Å². The van der Waals surface area contributed by atoms with Crippen molar-refractivity contribution in [1.82, 2.24) is 4.98 Å². The Labute approximate surface area is 118 Å². The largest absolute Gasteiger partial charge is 0.573 e. The first kappa shape index (κ1) is 17.3. The first-order valence-corrected chi connectivity index (χ1v) is 5.60. The number of pyridine rings is 1. The van der Waals surface area contributed by atoms with Gasteiger partial charge in [-0.15, -0.1) is 24.8 Å². The van der Waals surface area contributed by atoms with Crippen molar-refractivity contribution in [2.45, 2.75) is 24.8 Å². The summed E-state index contributed by atoms with van der Waals surface area (Å²) in [5, 5.41) is 8.52. The molecular weight excluding hydrogens is 332 g/mol. The molecule has 0 aromatic carbocycles. The Morgan fingerprint density at radius 1 is 1.29 bits per heavy atom. The fourth-order valence-corrected chi connectivity index (χ4v) is 1.69. The lowest BCUT2D eigenvalue weighted by atomic mass is 10.0. The summed E-state index contributed by atoms with van der Waals surface area (Å²) in [6.45, 7) is 0. The third kappa shape index (κ3) is 4.66. The lowest BCUT2D eigenvalue weighted by Crippen LogP contribution is -2.23. The number of halogens is 7. The van der Waals surface area contributed by atoms with E-state index in [1.807, 2.05) is 0 Å². The average Bonchev–Trinajstić information content (AvgIpc) is 2.24. The summed E-state index contributed by atoms with van der Waals surface area (Å²) >= 11 is 5.25. The smallest absolute Gasteiger partial charge is 0.481 e. The Bertz CT molecular complexity index is 543. The molecule has 1 aromatic heterocycles. The number of nitrogens with zero attached hydrogens (tertiary/aromatic N) is 1. The molecule has 0 spiro atoms. The zero-order chi connectivity index (χ0) is 16.4. The maximum Gasteiger partial charge on any atom is 0.573 e. The van der Waals surface area contributed by atoms with E-state index in [4.69, 9.17) is 16.7 Å². The Hall–Kier alpha value is -1.71. The van der Waals surface area contributed by atoms with Gasteiger partial charge in [-0.25, -0.2) is 0 Å². The number of rotatable bonds is 4. The van der Waals surface area contributed by atoms with E-state index in [1.165, 1.54) is 0 Å². The summed E-state index contributed by atoms with van der Waals surface area (Å²) in [6, 6.07) is 0. The number of carbonyl (C=O) groups is 1. The molecule has 11 heteroatoms. The molecule has 0 fully saturated rings. The molecule has 0 bridgehead atoms. The molecule has 0 amide bonds. The number of aliphatic carboxylic acids is 1. The zero-order valence-corrected chi connectivity index (χ0v) is 10.6. The van der Waals surface area contributed by atoms with Crippen molar-refractivity contribution in [3.63, 3.8) is 0 Å². The van der Waals surface area contributed by atoms with Crippen LogP contribution in [0.15, 0.2) is 6.20 Å². The molecule has 0 saturated heterocycles. The maximum atomic E-state index is 12.9. The third-order valence-corrected chi connectivity index (χ3v) is 2.41. The molecule has 1 rings (SSSR count). The molecule has 0 radical (unpaired) electrons. The van der Waals surface area contributed by atoms with Gasteiger partial charge in [-0.3, -0.25) is 9.78 Å². The minimum absolute atomic E-state index is 0.512. The first-order chi connectivity index (χ1) is 9.45. The molecule has 0 aliphatic carbocycles. The Morgan fingerprint density at radius 3 is 2.24 bits per heavy atom. The van der Waals surface area contributed by atoms with Gasteiger partial charge in [0.05, 0.1) is 18.0 Å². The standard InChI is InChI=1S/C10H6ClF6NO3/c11-2-5-8(21-10(15,16)17)7(9(12,13)14)4(3-18-5)1-6(19)20/h3H,1-2H2,(H,19,20). The topological polar surface area (TPSA) is 59.4 Å². The molecule has 0 saturated carbocycles. The normalized spacial score (nSPS) is 12.3. The van der Waals surface area contributed by atoms with Gasteiger partial charge in [0.25, 0.3) is 0 Å². The Kier molecular flexibility index (Phi) is 4.92. The summed E-state index contributed by atoms with van der Waals surface area (Å²) in [5.41, 5.74) is -3.61. The molecular formula is C10H6ClF6NO3. The van der Waals surface area contributed by atoms with Gasteiger partial charge in [-0.2, -0.15) is 13.2 Å². The lowest BCUT2D eigenvalue weighted by Gasteiger charge is -2.19. The summed E-state index contributed by atoms with van der Waals surface area (Å²) in [4.78, 5) is 13.8. The van der Waals surface area contributed by atoms with Crippen LogP contribution in [0.25, 0.3) is 0 Å². The van der Waals surface area contributed by atoms with Gasteiger partial charge >= 0.3 is 18.5 Å². The van der Waals surface area contributed by atoms with E-state index in [-0.39, 0.29) is 0 Å². The Morgan fingerprint density at radius 2 is 1.86 bits per heavy atom. The number of ether oxygens (including phenoxy) is 1. The molecule has 1 heterocycles. The number of carboxylic acid groups (broad SMARTS) is 1. The van der Waals surface area contributed by atoms with E-state index in [9.17, 15) is 31.1 Å². The van der Waals surface area contributed by atoms with Gasteiger partial charge in [-0.1, -0.05) is 0 Å². The van der Waals surface area contributed by atoms with Crippen molar-refractivity contribution in [3.8, 4) is 5.75 Å². The third-order valence-electron chi connectivity index (χ3n) is 2.16. The minimum Gasteiger partial charge on any atom is -0.481 e. The average molecular weight is 338 g/mol. The molecule has 0 aliphatic rings. The van der Waals surface area contributed by atoms with Crippen molar-refractivity contribution in [1.29, 1.82) is 0 Å². The van der Waals surface area contributed by atoms with Crippen LogP contribution < -0.4 is 4.74 Å². The number of hydrogen-bond acceptors (Lipinski definition) is 3. The monoisotopic (exact) mass is 337 g/mol. The van der Waals surface area contributed by atoms with Crippen LogP contribution in [0.1, 0.15) is 16.8 Å². The molecule has 1 N–H and O–H groups in total. The SMILES string of the molecule is O=C(O)Cc1cnc(CCl)c(OC(F)(F)F)c1C(F)(F)F. The first-order valence-electron chi connectivity index (χ1n) is 5.07. The van der Waals surface area contributed by atoms with Crippen LogP contribution in [0.3, 0.4) is 0 Å². The van der Waals surface area contributed by atoms with Crippen molar-refractivity contribution >= 4 is 17.6 Å². The van der Waals surface area contributed by atoms with Crippen LogP contribution in [-0.4, -0.2) is 22.4 Å². The van der Waals surface area contributed by atoms with E-state index < -0.39 is 53.4 Å². The van der Waals surface area contributed by atoms with E-state index in [0.717, 1.165) is 0 Å². The molecule has 1 aromatic rings. The highest BCUT2D eigenvalue weighted by Gasteiger charge is 2.43. The quantitative estimate of drug-likeness (QED) is 0.676. The highest BCUT2D eigenvalue weighted by molar-refractivity contribution is 6.17. The van der Waals surface area contributed by atoms with Crippen LogP contribution in [0.4, 0.5) is 26.3 Å². The van der Waals surface area contributed by atoms with Crippen LogP contribution in [0.2, 0.25) is 0 Å². The number of carboxylic acids is 1. The van der Waals surface area contributed by atoms with E-state index in [1.54, 1.807) is 0 Å². The van der Waals surface area contributed by atoms with Gasteiger partial charge in [0, 0.05) is 6.20 Å². The molecule has 0 unspecified atom stereocenters. The number of aromatic nitrogens is 1. The summed E-state index contributed by atoms with van der Waals surface area (Å²) < 4.78 is 78.9. The van der Waals surface area contributed by atoms with Crippen molar-refractivity contribution < 1.29 is 41.0 Å². The summed E-state index contributed by atoms with van der Waals surface area (Å²) in [6.07, 6.45) is -11.3. The second-order valence-electron chi connectivity index (χ2n) is 3.68. The molecule has 4 nitrogen and oxygen atoms in total.